The summed E-state index contributed by atoms with van der Waals surface area (Å²) in [6.45, 7) is 9.23. The van der Waals surface area contributed by atoms with Gasteiger partial charge in [0.2, 0.25) is 0 Å². The molecule has 3 heteroatoms. The van der Waals surface area contributed by atoms with Crippen LogP contribution >= 0.6 is 0 Å². The molecule has 2 aromatic rings. The van der Waals surface area contributed by atoms with E-state index in [4.69, 9.17) is 0 Å². The first-order valence-electron chi connectivity index (χ1n) is 6.41. The number of benzene rings is 1. The fraction of sp³-hybridized carbons (Fsp3) is 0.467. The van der Waals surface area contributed by atoms with Gasteiger partial charge in [-0.15, -0.1) is 10.2 Å². The second-order valence-corrected chi connectivity index (χ2v) is 6.27. The molecule has 3 nitrogen and oxygen atoms in total. The molecule has 0 amide bonds. The third kappa shape index (κ3) is 1.36. The molecule has 1 aliphatic rings. The number of nitrogens with zero attached hydrogens (tertiary/aromatic N) is 3. The Labute approximate surface area is 108 Å². The highest BCUT2D eigenvalue weighted by atomic mass is 15.3. The lowest BCUT2D eigenvalue weighted by Crippen LogP contribution is -2.02. The van der Waals surface area contributed by atoms with E-state index in [1.165, 1.54) is 0 Å². The second kappa shape index (κ2) is 3.44. The summed E-state index contributed by atoms with van der Waals surface area (Å²) in [5.74, 6) is 1.55. The predicted octanol–water partition coefficient (Wildman–Crippen LogP) is 3.42. The van der Waals surface area contributed by atoms with Crippen LogP contribution in [0.25, 0.3) is 5.69 Å². The Balaban J connectivity index is 2.05. The average molecular weight is 241 g/mol. The summed E-state index contributed by atoms with van der Waals surface area (Å²) >= 11 is 0. The van der Waals surface area contributed by atoms with E-state index in [2.05, 4.69) is 54.6 Å². The summed E-state index contributed by atoms with van der Waals surface area (Å²) in [4.78, 5) is 0. The molecule has 94 valence electrons. The van der Waals surface area contributed by atoms with Crippen molar-refractivity contribution in [3.8, 4) is 5.69 Å². The molecule has 0 spiro atoms. The molecule has 1 saturated carbocycles. The molecule has 1 aromatic carbocycles. The molecule has 0 bridgehead atoms. The average Bonchev–Trinajstić information content (AvgIpc) is 2.72. The zero-order valence-electron chi connectivity index (χ0n) is 11.4. The van der Waals surface area contributed by atoms with Crippen LogP contribution < -0.4 is 0 Å². The molecule has 1 aromatic heterocycles. The van der Waals surface area contributed by atoms with Crippen molar-refractivity contribution in [3.05, 3.63) is 42.5 Å². The zero-order valence-corrected chi connectivity index (χ0v) is 11.4. The van der Waals surface area contributed by atoms with Crippen molar-refractivity contribution in [3.63, 3.8) is 0 Å². The Kier molecular flexibility index (Phi) is 2.19. The van der Waals surface area contributed by atoms with Crippen LogP contribution in [0.2, 0.25) is 0 Å². The van der Waals surface area contributed by atoms with Crippen molar-refractivity contribution in [2.45, 2.75) is 33.6 Å². The second-order valence-electron chi connectivity index (χ2n) is 6.27. The van der Waals surface area contributed by atoms with Crippen LogP contribution in [-0.2, 0) is 0 Å². The van der Waals surface area contributed by atoms with Gasteiger partial charge in [0.15, 0.2) is 0 Å². The minimum Gasteiger partial charge on any atom is -0.285 e. The molecule has 0 atom stereocenters. The minimum atomic E-state index is 0.284. The van der Waals surface area contributed by atoms with Crippen molar-refractivity contribution in [1.29, 1.82) is 0 Å². The van der Waals surface area contributed by atoms with Crippen molar-refractivity contribution >= 4 is 0 Å². The smallest absolute Gasteiger partial charge is 0.141 e. The van der Waals surface area contributed by atoms with Gasteiger partial charge in [-0.3, -0.25) is 4.57 Å². The monoisotopic (exact) mass is 241 g/mol. The zero-order chi connectivity index (χ0) is 13.0. The topological polar surface area (TPSA) is 30.7 Å². The summed E-state index contributed by atoms with van der Waals surface area (Å²) in [5, 5.41) is 8.46. The quantitative estimate of drug-likeness (QED) is 0.806. The fourth-order valence-corrected chi connectivity index (χ4v) is 3.07. The third-order valence-corrected chi connectivity index (χ3v) is 4.89. The lowest BCUT2D eigenvalue weighted by Gasteiger charge is -2.07. The number of hydrogen-bond acceptors (Lipinski definition) is 2. The molecule has 0 saturated heterocycles. The van der Waals surface area contributed by atoms with E-state index in [1.807, 2.05) is 24.5 Å². The Morgan fingerprint density at radius 3 is 2.17 bits per heavy atom. The van der Waals surface area contributed by atoms with Gasteiger partial charge in [-0.25, -0.2) is 0 Å². The van der Waals surface area contributed by atoms with E-state index >= 15 is 0 Å². The summed E-state index contributed by atoms with van der Waals surface area (Å²) in [6, 6.07) is 10.3. The van der Waals surface area contributed by atoms with Gasteiger partial charge in [0, 0.05) is 11.6 Å². The highest BCUT2D eigenvalue weighted by Gasteiger charge is 2.67. The molecule has 1 aliphatic carbocycles. The van der Waals surface area contributed by atoms with Gasteiger partial charge in [-0.1, -0.05) is 45.9 Å². The van der Waals surface area contributed by atoms with Gasteiger partial charge in [0.25, 0.3) is 0 Å². The van der Waals surface area contributed by atoms with Crippen LogP contribution in [0.3, 0.4) is 0 Å². The summed E-state index contributed by atoms with van der Waals surface area (Å²) in [5.41, 5.74) is 1.70. The summed E-state index contributed by atoms with van der Waals surface area (Å²) < 4.78 is 2.11. The molecule has 3 rings (SSSR count). The first-order chi connectivity index (χ1) is 8.46. The summed E-state index contributed by atoms with van der Waals surface area (Å²) in [6.07, 6.45) is 1.81. The fourth-order valence-electron chi connectivity index (χ4n) is 3.07. The molecule has 0 N–H and O–H groups in total. The molecular weight excluding hydrogens is 222 g/mol. The van der Waals surface area contributed by atoms with Crippen LogP contribution in [0.4, 0.5) is 0 Å². The lowest BCUT2D eigenvalue weighted by molar-refractivity contribution is 0.457. The highest BCUT2D eigenvalue weighted by molar-refractivity contribution is 5.36. The summed E-state index contributed by atoms with van der Waals surface area (Å²) in [7, 11) is 0. The molecule has 18 heavy (non-hydrogen) atoms. The molecule has 0 aliphatic heterocycles. The third-order valence-electron chi connectivity index (χ3n) is 4.89. The maximum absolute atomic E-state index is 4.36. The first-order valence-corrected chi connectivity index (χ1v) is 6.41. The van der Waals surface area contributed by atoms with Gasteiger partial charge >= 0.3 is 0 Å². The van der Waals surface area contributed by atoms with Crippen LogP contribution in [0.5, 0.6) is 0 Å². The van der Waals surface area contributed by atoms with Crippen molar-refractivity contribution in [2.75, 3.05) is 0 Å². The van der Waals surface area contributed by atoms with Crippen LogP contribution in [0.15, 0.2) is 36.7 Å². The van der Waals surface area contributed by atoms with E-state index in [0.29, 0.717) is 5.92 Å². The number of aromatic nitrogens is 3. The Morgan fingerprint density at radius 1 is 1.00 bits per heavy atom. The molecule has 1 fully saturated rings. The molecule has 1 heterocycles. The van der Waals surface area contributed by atoms with Gasteiger partial charge < -0.3 is 0 Å². The first kappa shape index (κ1) is 11.5. The minimum absolute atomic E-state index is 0.284. The number of para-hydroxylation sites is 1. The lowest BCUT2D eigenvalue weighted by atomic mass is 10.0. The van der Waals surface area contributed by atoms with Crippen LogP contribution in [-0.4, -0.2) is 14.8 Å². The standard InChI is InChI=1S/C15H19N3/c1-14(2)12(15(14,3)4)13-17-16-10-18(13)11-8-6-5-7-9-11/h5-10,12H,1-4H3. The van der Waals surface area contributed by atoms with Gasteiger partial charge in [-0.2, -0.15) is 0 Å². The van der Waals surface area contributed by atoms with Crippen molar-refractivity contribution in [1.82, 2.24) is 14.8 Å². The predicted molar refractivity (Wildman–Crippen MR) is 71.7 cm³/mol. The molecular formula is C15H19N3. The highest BCUT2D eigenvalue weighted by Crippen LogP contribution is 2.73. The molecule has 0 radical (unpaired) electrons. The van der Waals surface area contributed by atoms with Crippen molar-refractivity contribution < 1.29 is 0 Å². The number of rotatable bonds is 2. The largest absolute Gasteiger partial charge is 0.285 e. The Bertz CT molecular complexity index is 552. The van der Waals surface area contributed by atoms with Gasteiger partial charge in [-0.05, 0) is 23.0 Å². The Hall–Kier alpha value is -1.64. The Morgan fingerprint density at radius 2 is 1.61 bits per heavy atom. The van der Waals surface area contributed by atoms with E-state index < -0.39 is 0 Å². The molecule has 0 unspecified atom stereocenters. The van der Waals surface area contributed by atoms with Gasteiger partial charge in [0.05, 0.1) is 0 Å². The maximum Gasteiger partial charge on any atom is 0.141 e. The van der Waals surface area contributed by atoms with E-state index in [0.717, 1.165) is 11.5 Å². The SMILES string of the molecule is CC1(C)C(c2nncn2-c2ccccc2)C1(C)C. The van der Waals surface area contributed by atoms with Crippen molar-refractivity contribution in [2.24, 2.45) is 10.8 Å². The van der Waals surface area contributed by atoms with Crippen LogP contribution in [0.1, 0.15) is 39.4 Å². The van der Waals surface area contributed by atoms with Gasteiger partial charge in [0.1, 0.15) is 12.2 Å². The normalized spacial score (nSPS) is 20.9. The number of hydrogen-bond donors (Lipinski definition) is 0. The maximum atomic E-state index is 4.36. The van der Waals surface area contributed by atoms with E-state index in [9.17, 15) is 0 Å². The van der Waals surface area contributed by atoms with Crippen LogP contribution in [0, 0.1) is 10.8 Å². The van der Waals surface area contributed by atoms with E-state index in [1.54, 1.807) is 0 Å². The van der Waals surface area contributed by atoms with E-state index in [-0.39, 0.29) is 10.8 Å².